The molecule has 1 aliphatic heterocycles. The summed E-state index contributed by atoms with van der Waals surface area (Å²) in [6.45, 7) is 5.86. The van der Waals surface area contributed by atoms with E-state index in [-0.39, 0.29) is 18.0 Å². The first-order valence-corrected chi connectivity index (χ1v) is 8.27. The fourth-order valence-electron chi connectivity index (χ4n) is 3.24. The van der Waals surface area contributed by atoms with Crippen LogP contribution in [-0.4, -0.2) is 41.0 Å². The number of thiol groups is 1. The zero-order valence-electron chi connectivity index (χ0n) is 13.4. The molecule has 1 aromatic heterocycles. The predicted octanol–water partition coefficient (Wildman–Crippen LogP) is 3.11. The standard InChI is InChI=1S/C18H21N3OS/c1-13-11-20(16-3-5-17(23)6-4-16)12-14(2)21(13)18(22)15-7-9-19-10-8-15/h3-10,13-14,23H,11-12H2,1-2H3. The van der Waals surface area contributed by atoms with Gasteiger partial charge in [0.25, 0.3) is 5.91 Å². The fraction of sp³-hybridized carbons (Fsp3) is 0.333. The molecule has 2 heterocycles. The van der Waals surface area contributed by atoms with E-state index < -0.39 is 0 Å². The summed E-state index contributed by atoms with van der Waals surface area (Å²) in [5.41, 5.74) is 1.88. The first kappa shape index (κ1) is 15.9. The van der Waals surface area contributed by atoms with E-state index in [0.717, 1.165) is 18.0 Å². The molecule has 0 radical (unpaired) electrons. The van der Waals surface area contributed by atoms with E-state index in [4.69, 9.17) is 0 Å². The number of carbonyl (C=O) groups excluding carboxylic acids is 1. The topological polar surface area (TPSA) is 36.4 Å². The number of benzene rings is 1. The lowest BCUT2D eigenvalue weighted by Crippen LogP contribution is -2.58. The number of rotatable bonds is 2. The van der Waals surface area contributed by atoms with Crippen molar-refractivity contribution in [3.63, 3.8) is 0 Å². The maximum Gasteiger partial charge on any atom is 0.254 e. The van der Waals surface area contributed by atoms with Crippen molar-refractivity contribution in [2.45, 2.75) is 30.8 Å². The van der Waals surface area contributed by atoms with Gasteiger partial charge in [-0.1, -0.05) is 0 Å². The van der Waals surface area contributed by atoms with Gasteiger partial charge in [-0.15, -0.1) is 12.6 Å². The molecule has 0 aliphatic carbocycles. The van der Waals surface area contributed by atoms with Gasteiger partial charge >= 0.3 is 0 Å². The highest BCUT2D eigenvalue weighted by Crippen LogP contribution is 2.24. The largest absolute Gasteiger partial charge is 0.367 e. The van der Waals surface area contributed by atoms with E-state index in [9.17, 15) is 4.79 Å². The third-order valence-electron chi connectivity index (χ3n) is 4.30. The van der Waals surface area contributed by atoms with E-state index in [1.165, 1.54) is 5.69 Å². The molecule has 5 heteroatoms. The highest BCUT2D eigenvalue weighted by Gasteiger charge is 2.33. The molecule has 120 valence electrons. The van der Waals surface area contributed by atoms with E-state index in [1.807, 2.05) is 17.0 Å². The molecule has 1 aromatic carbocycles. The van der Waals surface area contributed by atoms with Crippen LogP contribution in [0, 0.1) is 0 Å². The van der Waals surface area contributed by atoms with Crippen molar-refractivity contribution in [3.05, 3.63) is 54.4 Å². The number of hydrogen-bond donors (Lipinski definition) is 1. The Morgan fingerprint density at radius 1 is 1.04 bits per heavy atom. The number of anilines is 1. The lowest BCUT2D eigenvalue weighted by Gasteiger charge is -2.45. The monoisotopic (exact) mass is 327 g/mol. The Hall–Kier alpha value is -2.01. The quantitative estimate of drug-likeness (QED) is 0.861. The van der Waals surface area contributed by atoms with Crippen LogP contribution in [0.2, 0.25) is 0 Å². The normalized spacial score (nSPS) is 21.3. The molecule has 0 bridgehead atoms. The summed E-state index contributed by atoms with van der Waals surface area (Å²) >= 11 is 4.34. The van der Waals surface area contributed by atoms with Gasteiger partial charge in [-0.3, -0.25) is 9.78 Å². The molecular formula is C18H21N3OS. The van der Waals surface area contributed by atoms with Crippen LogP contribution < -0.4 is 4.90 Å². The summed E-state index contributed by atoms with van der Waals surface area (Å²) in [5, 5.41) is 0. The van der Waals surface area contributed by atoms with Gasteiger partial charge in [0.05, 0.1) is 0 Å². The highest BCUT2D eigenvalue weighted by atomic mass is 32.1. The van der Waals surface area contributed by atoms with Gasteiger partial charge in [0.1, 0.15) is 0 Å². The third kappa shape index (κ3) is 3.34. The lowest BCUT2D eigenvalue weighted by molar-refractivity contribution is 0.0574. The van der Waals surface area contributed by atoms with Crippen LogP contribution in [0.3, 0.4) is 0 Å². The van der Waals surface area contributed by atoms with E-state index in [0.29, 0.717) is 5.56 Å². The highest BCUT2D eigenvalue weighted by molar-refractivity contribution is 7.80. The number of hydrogen-bond acceptors (Lipinski definition) is 4. The van der Waals surface area contributed by atoms with Gasteiger partial charge in [-0.25, -0.2) is 0 Å². The van der Waals surface area contributed by atoms with Crippen LogP contribution in [0.4, 0.5) is 5.69 Å². The van der Waals surface area contributed by atoms with Crippen molar-refractivity contribution in [2.24, 2.45) is 0 Å². The van der Waals surface area contributed by atoms with Crippen LogP contribution in [0.25, 0.3) is 0 Å². The van der Waals surface area contributed by atoms with E-state index in [2.05, 4.69) is 48.5 Å². The summed E-state index contributed by atoms with van der Waals surface area (Å²) in [5.74, 6) is 0.0813. The number of carbonyl (C=O) groups is 1. The van der Waals surface area contributed by atoms with E-state index >= 15 is 0 Å². The number of amides is 1. The van der Waals surface area contributed by atoms with Gasteiger partial charge in [-0.2, -0.15) is 0 Å². The fourth-order valence-corrected chi connectivity index (χ4v) is 3.39. The van der Waals surface area contributed by atoms with Crippen LogP contribution in [0.1, 0.15) is 24.2 Å². The summed E-state index contributed by atoms with van der Waals surface area (Å²) in [4.78, 5) is 22.0. The first-order chi connectivity index (χ1) is 11.1. The average Bonchev–Trinajstić information content (AvgIpc) is 2.55. The maximum absolute atomic E-state index is 12.8. The van der Waals surface area contributed by atoms with Crippen molar-refractivity contribution in [3.8, 4) is 0 Å². The Morgan fingerprint density at radius 2 is 1.61 bits per heavy atom. The second kappa shape index (κ2) is 6.62. The summed E-state index contributed by atoms with van der Waals surface area (Å²) in [6, 6.07) is 12.0. The number of pyridine rings is 1. The SMILES string of the molecule is CC1CN(c2ccc(S)cc2)CC(C)N1C(=O)c1ccncc1. The Labute approximate surface area is 142 Å². The van der Waals surface area contributed by atoms with Crippen molar-refractivity contribution >= 4 is 24.2 Å². The lowest BCUT2D eigenvalue weighted by atomic mass is 10.0. The molecule has 2 atom stereocenters. The first-order valence-electron chi connectivity index (χ1n) is 7.83. The van der Waals surface area contributed by atoms with Crippen molar-refractivity contribution in [1.82, 2.24) is 9.88 Å². The zero-order chi connectivity index (χ0) is 16.4. The minimum atomic E-state index is 0.0813. The van der Waals surface area contributed by atoms with Crippen molar-refractivity contribution < 1.29 is 4.79 Å². The minimum absolute atomic E-state index is 0.0813. The van der Waals surface area contributed by atoms with Crippen molar-refractivity contribution in [2.75, 3.05) is 18.0 Å². The molecule has 0 N–H and O–H groups in total. The molecule has 2 unspecified atom stereocenters. The van der Waals surface area contributed by atoms with Gasteiger partial charge in [0.15, 0.2) is 0 Å². The van der Waals surface area contributed by atoms with Gasteiger partial charge in [-0.05, 0) is 50.2 Å². The van der Waals surface area contributed by atoms with Crippen LogP contribution in [-0.2, 0) is 0 Å². The van der Waals surface area contributed by atoms with Gasteiger partial charge in [0, 0.05) is 53.7 Å². The maximum atomic E-state index is 12.8. The van der Waals surface area contributed by atoms with Gasteiger partial charge in [0.2, 0.25) is 0 Å². The number of aromatic nitrogens is 1. The molecule has 4 nitrogen and oxygen atoms in total. The molecule has 1 amide bonds. The van der Waals surface area contributed by atoms with Crippen LogP contribution in [0.15, 0.2) is 53.7 Å². The van der Waals surface area contributed by atoms with Gasteiger partial charge < -0.3 is 9.80 Å². The number of nitrogens with zero attached hydrogens (tertiary/aromatic N) is 3. The van der Waals surface area contributed by atoms with E-state index in [1.54, 1.807) is 24.5 Å². The Morgan fingerprint density at radius 3 is 2.17 bits per heavy atom. The second-order valence-corrected chi connectivity index (χ2v) is 6.58. The van der Waals surface area contributed by atoms with Crippen LogP contribution in [0.5, 0.6) is 0 Å². The molecule has 3 rings (SSSR count). The average molecular weight is 327 g/mol. The van der Waals surface area contributed by atoms with Crippen LogP contribution >= 0.6 is 12.6 Å². The zero-order valence-corrected chi connectivity index (χ0v) is 14.3. The Kier molecular flexibility index (Phi) is 4.57. The Bertz CT molecular complexity index is 662. The number of piperazine rings is 1. The smallest absolute Gasteiger partial charge is 0.254 e. The summed E-state index contributed by atoms with van der Waals surface area (Å²) < 4.78 is 0. The molecule has 1 saturated heterocycles. The predicted molar refractivity (Wildman–Crippen MR) is 95.2 cm³/mol. The molecular weight excluding hydrogens is 306 g/mol. The summed E-state index contributed by atoms with van der Waals surface area (Å²) in [6.07, 6.45) is 3.33. The molecule has 1 aliphatic rings. The third-order valence-corrected chi connectivity index (χ3v) is 4.59. The molecule has 2 aromatic rings. The summed E-state index contributed by atoms with van der Waals surface area (Å²) in [7, 11) is 0. The Balaban J connectivity index is 1.77. The van der Waals surface area contributed by atoms with Crippen molar-refractivity contribution in [1.29, 1.82) is 0 Å². The second-order valence-electron chi connectivity index (χ2n) is 6.07. The molecule has 0 spiro atoms. The molecule has 1 fully saturated rings. The molecule has 23 heavy (non-hydrogen) atoms. The molecule has 0 saturated carbocycles. The minimum Gasteiger partial charge on any atom is -0.367 e.